The van der Waals surface area contributed by atoms with Crippen molar-refractivity contribution < 1.29 is 14.3 Å². The van der Waals surface area contributed by atoms with Crippen molar-refractivity contribution in [2.75, 3.05) is 11.6 Å². The molecule has 0 aliphatic heterocycles. The first-order chi connectivity index (χ1) is 13.8. The van der Waals surface area contributed by atoms with E-state index in [4.69, 9.17) is 4.74 Å². The minimum absolute atomic E-state index is 0.167. The molecule has 1 saturated carbocycles. The average Bonchev–Trinajstić information content (AvgIpc) is 3.54. The Morgan fingerprint density at radius 1 is 1.31 bits per heavy atom. The fourth-order valence-corrected chi connectivity index (χ4v) is 3.57. The van der Waals surface area contributed by atoms with Gasteiger partial charge in [0.15, 0.2) is 6.10 Å². The molecule has 0 bridgehead atoms. The molecule has 1 aromatic heterocycles. The zero-order chi connectivity index (χ0) is 21.1. The highest BCUT2D eigenvalue weighted by Gasteiger charge is 2.30. The van der Waals surface area contributed by atoms with Crippen LogP contribution in [0.3, 0.4) is 0 Å². The lowest BCUT2D eigenvalue weighted by molar-refractivity contribution is -0.123. The van der Waals surface area contributed by atoms with Gasteiger partial charge in [-0.15, -0.1) is 11.8 Å². The first kappa shape index (κ1) is 20.9. The number of nitrogens with zero attached hydrogens (tertiary/aromatic N) is 2. The zero-order valence-electron chi connectivity index (χ0n) is 16.9. The van der Waals surface area contributed by atoms with E-state index in [1.165, 1.54) is 18.7 Å². The van der Waals surface area contributed by atoms with E-state index in [1.54, 1.807) is 6.07 Å². The summed E-state index contributed by atoms with van der Waals surface area (Å²) in [6, 6.07) is 9.37. The molecule has 2 aromatic rings. The van der Waals surface area contributed by atoms with Crippen LogP contribution in [0.4, 0.5) is 5.69 Å². The van der Waals surface area contributed by atoms with Crippen LogP contribution >= 0.6 is 11.8 Å². The number of carbonyl (C=O) groups excluding carboxylic acids is 2. The predicted octanol–water partition coefficient (Wildman–Crippen LogP) is 4.35. The summed E-state index contributed by atoms with van der Waals surface area (Å²) < 4.78 is 5.39. The molecule has 1 fully saturated rings. The number of hydrogen-bond acceptors (Lipinski definition) is 6. The van der Waals surface area contributed by atoms with E-state index in [1.807, 2.05) is 38.3 Å². The fourth-order valence-electron chi connectivity index (χ4n) is 3.01. The number of benzene rings is 1. The first-order valence-corrected chi connectivity index (χ1v) is 10.6. The second-order valence-corrected chi connectivity index (χ2v) is 8.02. The average molecular weight is 410 g/mol. The summed E-state index contributed by atoms with van der Waals surface area (Å²) in [6.07, 6.45) is 2.85. The van der Waals surface area contributed by atoms with E-state index >= 15 is 0 Å². The lowest BCUT2D eigenvalue weighted by atomic mass is 10.1. The molecule has 29 heavy (non-hydrogen) atoms. The van der Waals surface area contributed by atoms with Crippen molar-refractivity contribution in [3.05, 3.63) is 52.2 Å². The van der Waals surface area contributed by atoms with Crippen LogP contribution in [0.5, 0.6) is 0 Å². The van der Waals surface area contributed by atoms with Crippen LogP contribution in [-0.2, 0) is 9.53 Å². The highest BCUT2D eigenvalue weighted by molar-refractivity contribution is 7.98. The largest absolute Gasteiger partial charge is 0.449 e. The van der Waals surface area contributed by atoms with Gasteiger partial charge in [-0.2, -0.15) is 5.26 Å². The molecule has 1 aromatic carbocycles. The second kappa shape index (κ2) is 8.66. The molecule has 1 N–H and O–H groups in total. The Morgan fingerprint density at radius 3 is 2.62 bits per heavy atom. The number of pyridine rings is 1. The van der Waals surface area contributed by atoms with Gasteiger partial charge >= 0.3 is 5.97 Å². The molecule has 1 unspecified atom stereocenters. The molecular formula is C22H23N3O3S. The summed E-state index contributed by atoms with van der Waals surface area (Å²) in [5.74, 6) is -0.791. The molecule has 1 atom stereocenters. The van der Waals surface area contributed by atoms with Crippen molar-refractivity contribution in [3.8, 4) is 6.07 Å². The number of ether oxygens (including phenoxy) is 1. The third-order valence-corrected chi connectivity index (χ3v) is 5.50. The number of aryl methyl sites for hydroxylation is 2. The van der Waals surface area contributed by atoms with E-state index in [9.17, 15) is 14.9 Å². The number of hydrogen-bond donors (Lipinski definition) is 1. The molecule has 3 rings (SSSR count). The van der Waals surface area contributed by atoms with Crippen molar-refractivity contribution in [3.63, 3.8) is 0 Å². The van der Waals surface area contributed by atoms with Gasteiger partial charge in [0.25, 0.3) is 5.91 Å². The molecule has 6 nitrogen and oxygen atoms in total. The maximum absolute atomic E-state index is 12.8. The van der Waals surface area contributed by atoms with E-state index in [0.29, 0.717) is 16.6 Å². The number of thioether (sulfide) groups is 1. The summed E-state index contributed by atoms with van der Waals surface area (Å²) in [5.41, 5.74) is 3.85. The van der Waals surface area contributed by atoms with Crippen LogP contribution in [0.15, 0.2) is 29.3 Å². The van der Waals surface area contributed by atoms with E-state index in [0.717, 1.165) is 29.7 Å². The Labute approximate surface area is 174 Å². The van der Waals surface area contributed by atoms with Crippen molar-refractivity contribution in [2.45, 2.75) is 50.7 Å². The minimum atomic E-state index is -1.01. The standard InChI is InChI=1S/C22H23N3O3S/c1-12-5-8-18(13(2)9-12)24-20(26)14(3)28-22(27)16-10-19(15-6-7-15)25-21(29-4)17(16)11-23/h5,8-10,14-15H,6-7H2,1-4H3,(H,24,26). The Kier molecular flexibility index (Phi) is 6.23. The highest BCUT2D eigenvalue weighted by atomic mass is 32.2. The van der Waals surface area contributed by atoms with Crippen LogP contribution in [0.1, 0.15) is 58.4 Å². The molecule has 0 radical (unpaired) electrons. The summed E-state index contributed by atoms with van der Waals surface area (Å²) in [6.45, 7) is 5.39. The molecular weight excluding hydrogens is 386 g/mol. The van der Waals surface area contributed by atoms with E-state index < -0.39 is 18.0 Å². The van der Waals surface area contributed by atoms with Crippen LogP contribution < -0.4 is 5.32 Å². The molecule has 150 valence electrons. The Hall–Kier alpha value is -2.85. The lowest BCUT2D eigenvalue weighted by Crippen LogP contribution is -2.30. The van der Waals surface area contributed by atoms with Gasteiger partial charge in [0.05, 0.1) is 11.1 Å². The molecule has 1 aliphatic carbocycles. The smallest absolute Gasteiger partial charge is 0.340 e. The number of carbonyl (C=O) groups is 2. The van der Waals surface area contributed by atoms with Gasteiger partial charge in [-0.1, -0.05) is 17.7 Å². The molecule has 1 heterocycles. The van der Waals surface area contributed by atoms with Crippen LogP contribution in [0.25, 0.3) is 0 Å². The van der Waals surface area contributed by atoms with E-state index in [2.05, 4.69) is 16.4 Å². The molecule has 7 heteroatoms. The van der Waals surface area contributed by atoms with Gasteiger partial charge in [0, 0.05) is 17.3 Å². The first-order valence-electron chi connectivity index (χ1n) is 9.42. The maximum atomic E-state index is 12.8. The zero-order valence-corrected chi connectivity index (χ0v) is 17.7. The maximum Gasteiger partial charge on any atom is 0.340 e. The van der Waals surface area contributed by atoms with Crippen LogP contribution in [0.2, 0.25) is 0 Å². The number of amides is 1. The third-order valence-electron chi connectivity index (χ3n) is 4.82. The number of esters is 1. The number of nitrogens with one attached hydrogen (secondary N) is 1. The van der Waals surface area contributed by atoms with Gasteiger partial charge in [0.1, 0.15) is 11.1 Å². The third kappa shape index (κ3) is 4.77. The van der Waals surface area contributed by atoms with Gasteiger partial charge in [-0.3, -0.25) is 4.79 Å². The molecule has 0 saturated heterocycles. The van der Waals surface area contributed by atoms with Crippen molar-refractivity contribution in [1.82, 2.24) is 4.98 Å². The van der Waals surface area contributed by atoms with Crippen LogP contribution in [-0.4, -0.2) is 29.2 Å². The predicted molar refractivity (Wildman–Crippen MR) is 112 cm³/mol. The van der Waals surface area contributed by atoms with Gasteiger partial charge in [0.2, 0.25) is 0 Å². The second-order valence-electron chi connectivity index (χ2n) is 7.22. The Balaban J connectivity index is 1.77. The van der Waals surface area contributed by atoms with Crippen molar-refractivity contribution >= 4 is 29.3 Å². The lowest BCUT2D eigenvalue weighted by Gasteiger charge is -2.16. The number of aromatic nitrogens is 1. The molecule has 1 aliphatic rings. The quantitative estimate of drug-likeness (QED) is 0.563. The number of anilines is 1. The minimum Gasteiger partial charge on any atom is -0.449 e. The summed E-state index contributed by atoms with van der Waals surface area (Å²) >= 11 is 1.32. The van der Waals surface area contributed by atoms with Gasteiger partial charge in [-0.25, -0.2) is 9.78 Å². The van der Waals surface area contributed by atoms with Gasteiger partial charge in [-0.05, 0) is 57.6 Å². The normalized spacial score (nSPS) is 14.0. The number of rotatable bonds is 6. The Morgan fingerprint density at radius 2 is 2.03 bits per heavy atom. The van der Waals surface area contributed by atoms with Crippen LogP contribution in [0, 0.1) is 25.2 Å². The number of nitriles is 1. The summed E-state index contributed by atoms with van der Waals surface area (Å²) in [4.78, 5) is 29.8. The topological polar surface area (TPSA) is 92.1 Å². The van der Waals surface area contributed by atoms with E-state index in [-0.39, 0.29) is 11.1 Å². The summed E-state index contributed by atoms with van der Waals surface area (Å²) in [7, 11) is 0. The molecule has 0 spiro atoms. The highest BCUT2D eigenvalue weighted by Crippen LogP contribution is 2.40. The Bertz CT molecular complexity index is 1010. The summed E-state index contributed by atoms with van der Waals surface area (Å²) in [5, 5.41) is 12.8. The van der Waals surface area contributed by atoms with Gasteiger partial charge < -0.3 is 10.1 Å². The SMILES string of the molecule is CSc1nc(C2CC2)cc(C(=O)OC(C)C(=O)Nc2ccc(C)cc2C)c1C#N. The fraction of sp³-hybridized carbons (Fsp3) is 0.364. The monoisotopic (exact) mass is 409 g/mol. The van der Waals surface area contributed by atoms with Crippen molar-refractivity contribution in [1.29, 1.82) is 5.26 Å². The molecule has 1 amide bonds. The van der Waals surface area contributed by atoms with Crippen molar-refractivity contribution in [2.24, 2.45) is 0 Å².